The number of anilines is 6. The van der Waals surface area contributed by atoms with Gasteiger partial charge >= 0.3 is 0 Å². The number of hydrogen-bond donors (Lipinski definition) is 0. The molecular weight excluding hydrogens is 1080 g/mol. The molecule has 0 spiro atoms. The number of nitrogens with zero attached hydrogens (tertiary/aromatic N) is 2. The Hall–Kier alpha value is -10.7. The van der Waals surface area contributed by atoms with Crippen LogP contribution in [-0.2, 0) is 10.8 Å². The van der Waals surface area contributed by atoms with Crippen LogP contribution in [0.4, 0.5) is 60.5 Å². The van der Waals surface area contributed by atoms with Crippen LogP contribution >= 0.6 is 0 Å². The quantitative estimate of drug-likeness (QED) is 0.0839. The van der Waals surface area contributed by atoms with Crippen LogP contribution in [0.5, 0.6) is 0 Å². The van der Waals surface area contributed by atoms with Crippen molar-refractivity contribution in [3.8, 4) is 33.4 Å². The molecule has 86 heavy (non-hydrogen) atoms. The largest absolute Gasteiger partial charge is 0.310 e. The zero-order chi connectivity index (χ0) is 58.8. The summed E-state index contributed by atoms with van der Waals surface area (Å²) >= 11 is 0. The van der Waals surface area contributed by atoms with Gasteiger partial charge in [0.1, 0.15) is 0 Å². The monoisotopic (exact) mass is 1130 g/mol. The Balaban J connectivity index is 0.861. The summed E-state index contributed by atoms with van der Waals surface area (Å²) in [5.74, 6) is -8.17. The molecule has 0 N–H and O–H groups in total. The fraction of sp³-hybridized carbons (Fsp3) is 0.0256. The molecule has 0 heterocycles. The first kappa shape index (κ1) is 53.3. The summed E-state index contributed by atoms with van der Waals surface area (Å²) in [6.07, 6.45) is 3.47. The molecule has 0 aliphatic heterocycles. The molecule has 2 aliphatic carbocycles. The van der Waals surface area contributed by atoms with E-state index in [1.54, 1.807) is 12.2 Å². The van der Waals surface area contributed by atoms with Crippen LogP contribution in [0.1, 0.15) is 55.6 Å². The number of fused-ring (bicyclic) bond motifs is 6. The van der Waals surface area contributed by atoms with Crippen molar-refractivity contribution in [1.82, 2.24) is 0 Å². The van der Waals surface area contributed by atoms with Gasteiger partial charge in [-0.05, 0) is 186 Å². The van der Waals surface area contributed by atoms with Crippen LogP contribution in [0, 0.1) is 34.9 Å². The molecule has 2 unspecified atom stereocenters. The molecule has 0 bridgehead atoms. The lowest BCUT2D eigenvalue weighted by atomic mass is 9.67. The SMILES string of the molecule is C=Cc1ccc(C2(c3cc(F)c(F)c(F)c3)c3ccccc3-c3ccc(N(c4ccccc4)c4ccc(-c5ccc(N(c6ccccc6)c6ccc7c(c6)C(c6ccc(C=C)cc6)(c6cc(F)c(F)c(F)c6)c6ccccc6-7)cc5)cc4)cc32)cc1. The van der Waals surface area contributed by atoms with Crippen molar-refractivity contribution in [2.24, 2.45) is 0 Å². The molecule has 0 amide bonds. The molecule has 0 fully saturated rings. The molecule has 2 nitrogen and oxygen atoms in total. The van der Waals surface area contributed by atoms with Crippen LogP contribution in [0.3, 0.4) is 0 Å². The van der Waals surface area contributed by atoms with Gasteiger partial charge in [-0.3, -0.25) is 0 Å². The Morgan fingerprint density at radius 3 is 0.919 bits per heavy atom. The Morgan fingerprint density at radius 2 is 0.570 bits per heavy atom. The zero-order valence-electron chi connectivity index (χ0n) is 46.1. The molecule has 414 valence electrons. The maximum atomic E-state index is 15.6. The molecule has 2 aliphatic rings. The molecule has 2 atom stereocenters. The molecule has 0 aromatic heterocycles. The minimum absolute atomic E-state index is 0.251. The van der Waals surface area contributed by atoms with Crippen molar-refractivity contribution in [2.75, 3.05) is 9.80 Å². The van der Waals surface area contributed by atoms with E-state index in [4.69, 9.17) is 0 Å². The van der Waals surface area contributed by atoms with Crippen LogP contribution in [-0.4, -0.2) is 0 Å². The highest BCUT2D eigenvalue weighted by Gasteiger charge is 2.49. The maximum Gasteiger partial charge on any atom is 0.194 e. The standard InChI is InChI=1S/C78H50F6N2/c1-3-49-23-31-53(32-24-49)77(55-43-71(79)75(83)72(80)44-55)67-21-13-11-19-63(67)65-41-39-61(47-69(65)77)85(57-15-7-5-8-16-57)59-35-27-51(28-36-59)52-29-37-60(38-30-52)86(58-17-9-6-10-18-58)62-40-42-66-64-20-12-14-22-68(64)78(70(66)48-62,54-33-25-50(4-2)26-34-54)56-45-73(81)76(84)74(82)46-56/h3-48H,1-2H2. The van der Waals surface area contributed by atoms with E-state index in [0.29, 0.717) is 0 Å². The van der Waals surface area contributed by atoms with Crippen molar-refractivity contribution in [2.45, 2.75) is 10.8 Å². The Bertz CT molecular complexity index is 4280. The van der Waals surface area contributed by atoms with E-state index < -0.39 is 45.7 Å². The van der Waals surface area contributed by atoms with Gasteiger partial charge in [0.15, 0.2) is 34.9 Å². The maximum absolute atomic E-state index is 15.6. The molecule has 0 saturated carbocycles. The lowest BCUT2D eigenvalue weighted by Gasteiger charge is -2.35. The lowest BCUT2D eigenvalue weighted by molar-refractivity contribution is 0.443. The third-order valence-electron chi connectivity index (χ3n) is 17.2. The number of benzene rings is 12. The van der Waals surface area contributed by atoms with Gasteiger partial charge in [-0.1, -0.05) is 195 Å². The first-order chi connectivity index (χ1) is 42.0. The normalized spacial score (nSPS) is 15.3. The first-order valence-electron chi connectivity index (χ1n) is 28.2. The summed E-state index contributed by atoms with van der Waals surface area (Å²) in [4.78, 5) is 4.29. The predicted molar refractivity (Wildman–Crippen MR) is 336 cm³/mol. The third-order valence-corrected chi connectivity index (χ3v) is 17.2. The van der Waals surface area contributed by atoms with Gasteiger partial charge in [0.2, 0.25) is 0 Å². The first-order valence-corrected chi connectivity index (χ1v) is 28.2. The van der Waals surface area contributed by atoms with Crippen molar-refractivity contribution in [3.05, 3.63) is 371 Å². The van der Waals surface area contributed by atoms with Crippen LogP contribution in [0.25, 0.3) is 45.5 Å². The van der Waals surface area contributed by atoms with Gasteiger partial charge in [0.05, 0.1) is 10.8 Å². The van der Waals surface area contributed by atoms with E-state index in [2.05, 4.69) is 108 Å². The average molecular weight is 1130 g/mol. The molecule has 0 saturated heterocycles. The number of hydrogen-bond acceptors (Lipinski definition) is 2. The van der Waals surface area contributed by atoms with Gasteiger partial charge in [-0.25, -0.2) is 26.3 Å². The number of halogens is 6. The average Bonchev–Trinajstić information content (AvgIpc) is 1.54. The summed E-state index contributed by atoms with van der Waals surface area (Å²) in [6.45, 7) is 7.90. The van der Waals surface area contributed by atoms with E-state index in [1.165, 1.54) is 0 Å². The van der Waals surface area contributed by atoms with Gasteiger partial charge < -0.3 is 9.80 Å². The fourth-order valence-corrected chi connectivity index (χ4v) is 13.3. The van der Waals surface area contributed by atoms with Crippen LogP contribution < -0.4 is 9.80 Å². The zero-order valence-corrected chi connectivity index (χ0v) is 46.1. The second-order valence-electron chi connectivity index (χ2n) is 21.6. The predicted octanol–water partition coefficient (Wildman–Crippen LogP) is 21.1. The molecule has 14 rings (SSSR count). The highest BCUT2D eigenvalue weighted by molar-refractivity contribution is 5.92. The number of para-hydroxylation sites is 2. The highest BCUT2D eigenvalue weighted by atomic mass is 19.2. The summed E-state index contributed by atoms with van der Waals surface area (Å²) < 4.78 is 92.3. The Labute approximate surface area is 494 Å². The van der Waals surface area contributed by atoms with Gasteiger partial charge in [0.25, 0.3) is 0 Å². The molecular formula is C78H50F6N2. The highest BCUT2D eigenvalue weighted by Crippen LogP contribution is 2.60. The van der Waals surface area contributed by atoms with E-state index in [1.807, 2.05) is 158 Å². The molecule has 8 heteroatoms. The van der Waals surface area contributed by atoms with Crippen molar-refractivity contribution in [3.63, 3.8) is 0 Å². The van der Waals surface area contributed by atoms with Crippen LogP contribution in [0.15, 0.2) is 280 Å². The lowest BCUT2D eigenvalue weighted by Crippen LogP contribution is -2.29. The summed E-state index contributed by atoms with van der Waals surface area (Å²) in [6, 6.07) is 84.5. The summed E-state index contributed by atoms with van der Waals surface area (Å²) in [5.41, 5.74) is 14.8. The molecule has 0 radical (unpaired) electrons. The van der Waals surface area contributed by atoms with Gasteiger partial charge in [-0.15, -0.1) is 0 Å². The smallest absolute Gasteiger partial charge is 0.194 e. The molecule has 12 aromatic rings. The molecule has 12 aromatic carbocycles. The van der Waals surface area contributed by atoms with Crippen molar-refractivity contribution in [1.29, 1.82) is 0 Å². The topological polar surface area (TPSA) is 6.48 Å². The van der Waals surface area contributed by atoms with Crippen molar-refractivity contribution < 1.29 is 26.3 Å². The second kappa shape index (κ2) is 21.2. The van der Waals surface area contributed by atoms with Gasteiger partial charge in [-0.2, -0.15) is 0 Å². The van der Waals surface area contributed by atoms with E-state index in [0.717, 1.165) is 136 Å². The minimum atomic E-state index is -1.53. The summed E-state index contributed by atoms with van der Waals surface area (Å²) in [5, 5.41) is 0. The van der Waals surface area contributed by atoms with E-state index >= 15 is 17.6 Å². The van der Waals surface area contributed by atoms with Crippen LogP contribution in [0.2, 0.25) is 0 Å². The van der Waals surface area contributed by atoms with Crippen molar-refractivity contribution >= 4 is 46.3 Å². The van der Waals surface area contributed by atoms with E-state index in [9.17, 15) is 8.78 Å². The summed E-state index contributed by atoms with van der Waals surface area (Å²) in [7, 11) is 0. The van der Waals surface area contributed by atoms with E-state index in [-0.39, 0.29) is 11.1 Å². The Morgan fingerprint density at radius 1 is 0.267 bits per heavy atom. The second-order valence-corrected chi connectivity index (χ2v) is 21.6. The Kier molecular flexibility index (Phi) is 13.1. The fourth-order valence-electron chi connectivity index (χ4n) is 13.3. The minimum Gasteiger partial charge on any atom is -0.310 e. The third kappa shape index (κ3) is 8.42. The number of rotatable bonds is 13. The van der Waals surface area contributed by atoms with Gasteiger partial charge in [0, 0.05) is 34.1 Å².